The molecule has 196 valence electrons. The van der Waals surface area contributed by atoms with Gasteiger partial charge in [0.2, 0.25) is 0 Å². The zero-order valence-electron chi connectivity index (χ0n) is 21.0. The number of ether oxygens (including phenoxy) is 2. The van der Waals surface area contributed by atoms with Gasteiger partial charge < -0.3 is 14.8 Å². The summed E-state index contributed by atoms with van der Waals surface area (Å²) < 4.78 is 40.4. The normalized spacial score (nSPS) is 10.7. The van der Waals surface area contributed by atoms with E-state index in [1.165, 1.54) is 35.0 Å². The fourth-order valence-corrected chi connectivity index (χ4v) is 3.89. The SMILES string of the molecule is COc1ccc(CCOc2nc(-c3ccccc3F)n(-c3ccc(NC(=O)c4ccc(F)cc4)cc3)n2)cc1. The number of nitrogens with zero attached hydrogens (tertiary/aromatic N) is 3. The summed E-state index contributed by atoms with van der Waals surface area (Å²) in [4.78, 5) is 16.9. The summed E-state index contributed by atoms with van der Waals surface area (Å²) in [5, 5.41) is 7.25. The number of hydrogen-bond acceptors (Lipinski definition) is 5. The summed E-state index contributed by atoms with van der Waals surface area (Å²) in [5.41, 5.74) is 2.77. The molecule has 9 heteroatoms. The summed E-state index contributed by atoms with van der Waals surface area (Å²) in [6, 6.07) is 26.2. The lowest BCUT2D eigenvalue weighted by Gasteiger charge is -2.09. The van der Waals surface area contributed by atoms with Gasteiger partial charge in [-0.05, 0) is 78.4 Å². The van der Waals surface area contributed by atoms with Gasteiger partial charge in [-0.2, -0.15) is 4.98 Å². The molecule has 0 aliphatic rings. The van der Waals surface area contributed by atoms with Crippen LogP contribution in [0.5, 0.6) is 11.8 Å². The molecule has 5 aromatic rings. The van der Waals surface area contributed by atoms with E-state index in [9.17, 15) is 13.6 Å². The lowest BCUT2D eigenvalue weighted by molar-refractivity contribution is 0.102. The average Bonchev–Trinajstić information content (AvgIpc) is 3.38. The van der Waals surface area contributed by atoms with Crippen molar-refractivity contribution < 1.29 is 23.0 Å². The molecule has 0 aliphatic heterocycles. The highest BCUT2D eigenvalue weighted by Crippen LogP contribution is 2.27. The number of rotatable bonds is 9. The van der Waals surface area contributed by atoms with E-state index in [4.69, 9.17) is 9.47 Å². The number of nitrogens with one attached hydrogen (secondary N) is 1. The molecule has 0 saturated carbocycles. The van der Waals surface area contributed by atoms with Crippen LogP contribution in [0.15, 0.2) is 97.1 Å². The van der Waals surface area contributed by atoms with Crippen LogP contribution in [0.4, 0.5) is 14.5 Å². The van der Waals surface area contributed by atoms with E-state index < -0.39 is 11.6 Å². The van der Waals surface area contributed by atoms with E-state index in [2.05, 4.69) is 15.4 Å². The third kappa shape index (κ3) is 6.10. The van der Waals surface area contributed by atoms with Crippen LogP contribution in [0.1, 0.15) is 15.9 Å². The number of carbonyl (C=O) groups excluding carboxylic acids is 1. The first-order valence-electron chi connectivity index (χ1n) is 12.2. The highest BCUT2D eigenvalue weighted by molar-refractivity contribution is 6.04. The molecule has 4 aromatic carbocycles. The predicted octanol–water partition coefficient (Wildman–Crippen LogP) is 6.09. The number of methoxy groups -OCH3 is 1. The van der Waals surface area contributed by atoms with Gasteiger partial charge in [-0.25, -0.2) is 13.5 Å². The molecule has 7 nitrogen and oxygen atoms in total. The summed E-state index contributed by atoms with van der Waals surface area (Å²) in [6.07, 6.45) is 0.621. The monoisotopic (exact) mass is 526 g/mol. The lowest BCUT2D eigenvalue weighted by atomic mass is 10.1. The molecule has 0 atom stereocenters. The first-order chi connectivity index (χ1) is 19.0. The van der Waals surface area contributed by atoms with E-state index in [0.717, 1.165) is 11.3 Å². The number of aromatic nitrogens is 3. The molecular weight excluding hydrogens is 502 g/mol. The van der Waals surface area contributed by atoms with Crippen molar-refractivity contribution in [1.29, 1.82) is 0 Å². The van der Waals surface area contributed by atoms with E-state index >= 15 is 0 Å². The van der Waals surface area contributed by atoms with Crippen LogP contribution >= 0.6 is 0 Å². The van der Waals surface area contributed by atoms with Gasteiger partial charge in [0.1, 0.15) is 17.4 Å². The highest BCUT2D eigenvalue weighted by Gasteiger charge is 2.18. The standard InChI is InChI=1S/C30H24F2N4O3/c1-38-25-16-6-20(7-17-25)18-19-39-30-34-28(26-4-2-3-5-27(26)32)36(35-30)24-14-12-23(13-15-24)33-29(37)21-8-10-22(31)11-9-21/h2-17H,18-19H2,1H3,(H,33,37). The average molecular weight is 527 g/mol. The zero-order chi connectivity index (χ0) is 27.2. The van der Waals surface area contributed by atoms with Gasteiger partial charge in [-0.3, -0.25) is 4.79 Å². The van der Waals surface area contributed by atoms with Crippen molar-refractivity contribution in [2.75, 3.05) is 19.0 Å². The Hall–Kier alpha value is -5.05. The van der Waals surface area contributed by atoms with E-state index in [1.54, 1.807) is 49.6 Å². The molecule has 0 radical (unpaired) electrons. The van der Waals surface area contributed by atoms with Gasteiger partial charge in [0.15, 0.2) is 5.82 Å². The van der Waals surface area contributed by atoms with Crippen LogP contribution in [-0.4, -0.2) is 34.4 Å². The Morgan fingerprint density at radius 1 is 0.897 bits per heavy atom. The minimum Gasteiger partial charge on any atom is -0.497 e. The van der Waals surface area contributed by atoms with Crippen molar-refractivity contribution in [3.8, 4) is 28.8 Å². The third-order valence-electron chi connectivity index (χ3n) is 5.96. The maximum atomic E-state index is 14.7. The molecule has 0 spiro atoms. The molecule has 1 amide bonds. The second-order valence-electron chi connectivity index (χ2n) is 8.56. The van der Waals surface area contributed by atoms with Crippen LogP contribution in [0.25, 0.3) is 17.1 Å². The second kappa shape index (κ2) is 11.6. The first-order valence-corrected chi connectivity index (χ1v) is 12.2. The van der Waals surface area contributed by atoms with E-state index in [1.807, 2.05) is 24.3 Å². The van der Waals surface area contributed by atoms with Crippen molar-refractivity contribution in [2.24, 2.45) is 0 Å². The smallest absolute Gasteiger partial charge is 0.336 e. The van der Waals surface area contributed by atoms with Gasteiger partial charge in [-0.15, -0.1) is 5.10 Å². The van der Waals surface area contributed by atoms with Crippen LogP contribution in [0.3, 0.4) is 0 Å². The molecular formula is C30H24F2N4O3. The number of amides is 1. The molecule has 1 aromatic heterocycles. The summed E-state index contributed by atoms with van der Waals surface area (Å²) in [7, 11) is 1.62. The van der Waals surface area contributed by atoms with E-state index in [-0.39, 0.29) is 23.3 Å². The largest absolute Gasteiger partial charge is 0.497 e. The minimum absolute atomic E-state index is 0.107. The van der Waals surface area contributed by atoms with Crippen molar-refractivity contribution in [1.82, 2.24) is 14.8 Å². The van der Waals surface area contributed by atoms with Gasteiger partial charge in [-0.1, -0.05) is 24.3 Å². The predicted molar refractivity (Wildman–Crippen MR) is 143 cm³/mol. The molecule has 5 rings (SSSR count). The third-order valence-corrected chi connectivity index (χ3v) is 5.96. The van der Waals surface area contributed by atoms with Crippen molar-refractivity contribution in [2.45, 2.75) is 6.42 Å². The van der Waals surface area contributed by atoms with Crippen LogP contribution < -0.4 is 14.8 Å². The Kier molecular flexibility index (Phi) is 7.58. The molecule has 0 aliphatic carbocycles. The molecule has 39 heavy (non-hydrogen) atoms. The lowest BCUT2D eigenvalue weighted by Crippen LogP contribution is -2.12. The maximum Gasteiger partial charge on any atom is 0.336 e. The van der Waals surface area contributed by atoms with Gasteiger partial charge in [0, 0.05) is 17.7 Å². The Bertz CT molecular complexity index is 1570. The summed E-state index contributed by atoms with van der Waals surface area (Å²) in [5.74, 6) is -0.188. The number of carbonyl (C=O) groups is 1. The van der Waals surface area contributed by atoms with Gasteiger partial charge >= 0.3 is 6.01 Å². The maximum absolute atomic E-state index is 14.7. The van der Waals surface area contributed by atoms with Gasteiger partial charge in [0.25, 0.3) is 5.91 Å². The number of benzene rings is 4. The topological polar surface area (TPSA) is 78.3 Å². The quantitative estimate of drug-likeness (QED) is 0.251. The Labute approximate surface area is 223 Å². The van der Waals surface area contributed by atoms with Gasteiger partial charge in [0.05, 0.1) is 25.0 Å². The molecule has 0 fully saturated rings. The minimum atomic E-state index is -0.445. The Morgan fingerprint density at radius 2 is 1.62 bits per heavy atom. The van der Waals surface area contributed by atoms with Crippen LogP contribution in [-0.2, 0) is 6.42 Å². The molecule has 1 heterocycles. The van der Waals surface area contributed by atoms with Crippen molar-refractivity contribution in [3.63, 3.8) is 0 Å². The second-order valence-corrected chi connectivity index (χ2v) is 8.56. The fraction of sp³-hybridized carbons (Fsp3) is 0.100. The Morgan fingerprint density at radius 3 is 2.31 bits per heavy atom. The van der Waals surface area contributed by atoms with Crippen molar-refractivity contribution in [3.05, 3.63) is 120 Å². The molecule has 0 saturated heterocycles. The molecule has 0 bridgehead atoms. The summed E-state index contributed by atoms with van der Waals surface area (Å²) >= 11 is 0. The Balaban J connectivity index is 1.35. The fourth-order valence-electron chi connectivity index (χ4n) is 3.89. The first kappa shape index (κ1) is 25.6. The highest BCUT2D eigenvalue weighted by atomic mass is 19.1. The zero-order valence-corrected chi connectivity index (χ0v) is 21.0. The van der Waals surface area contributed by atoms with E-state index in [0.29, 0.717) is 30.0 Å². The molecule has 0 unspecified atom stereocenters. The summed E-state index contributed by atoms with van der Waals surface area (Å²) in [6.45, 7) is 0.321. The number of anilines is 1. The number of halogens is 2. The van der Waals surface area contributed by atoms with Crippen LogP contribution in [0.2, 0.25) is 0 Å². The molecule has 1 N–H and O–H groups in total. The number of hydrogen-bond donors (Lipinski definition) is 1. The van der Waals surface area contributed by atoms with Crippen LogP contribution in [0, 0.1) is 11.6 Å². The van der Waals surface area contributed by atoms with Crippen molar-refractivity contribution >= 4 is 11.6 Å².